The van der Waals surface area contributed by atoms with Gasteiger partial charge in [0.05, 0.1) is 13.2 Å². The highest BCUT2D eigenvalue weighted by atomic mass is 127. The van der Waals surface area contributed by atoms with Crippen LogP contribution in [0, 0.1) is 6.92 Å². The molecule has 1 aromatic heterocycles. The smallest absolute Gasteiger partial charge is 0.250 e. The van der Waals surface area contributed by atoms with Crippen LogP contribution in [0.2, 0.25) is 0 Å². The van der Waals surface area contributed by atoms with E-state index in [0.29, 0.717) is 0 Å². The van der Waals surface area contributed by atoms with Crippen molar-refractivity contribution in [3.05, 3.63) is 34.2 Å². The fraction of sp³-hybridized carbons (Fsp3) is 0.700. The molecule has 2 N–H and O–H groups in total. The third kappa shape index (κ3) is 7.71. The molecule has 28 heavy (non-hydrogen) atoms. The predicted molar refractivity (Wildman–Crippen MR) is 126 cm³/mol. The Morgan fingerprint density at radius 1 is 1.21 bits per heavy atom. The molecule has 2 heterocycles. The molecule has 0 saturated carbocycles. The lowest BCUT2D eigenvalue weighted by Gasteiger charge is -2.41. The van der Waals surface area contributed by atoms with Gasteiger partial charge >= 0.3 is 0 Å². The highest BCUT2D eigenvalue weighted by molar-refractivity contribution is 14.0. The van der Waals surface area contributed by atoms with Gasteiger partial charge in [0.2, 0.25) is 0 Å². The molecule has 0 unspecified atom stereocenters. The number of morpholine rings is 1. The van der Waals surface area contributed by atoms with E-state index in [0.717, 1.165) is 70.4 Å². The quantitative estimate of drug-likeness (QED) is 0.244. The van der Waals surface area contributed by atoms with E-state index in [1.165, 1.54) is 0 Å². The van der Waals surface area contributed by atoms with Crippen LogP contribution in [-0.2, 0) is 11.3 Å². The number of nitrogens with zero attached hydrogens (tertiary/aromatic N) is 3. The summed E-state index contributed by atoms with van der Waals surface area (Å²) in [5, 5.41) is 6.80. The van der Waals surface area contributed by atoms with Gasteiger partial charge in [-0.15, -0.1) is 24.0 Å². The fourth-order valence-corrected chi connectivity index (χ4v) is 3.31. The molecule has 1 aromatic rings. The molecular formula is C20H36IN5O2. The number of halogens is 1. The van der Waals surface area contributed by atoms with Crippen molar-refractivity contribution in [3.8, 4) is 0 Å². The molecule has 0 radical (unpaired) electrons. The van der Waals surface area contributed by atoms with Crippen molar-refractivity contribution < 1.29 is 4.74 Å². The summed E-state index contributed by atoms with van der Waals surface area (Å²) >= 11 is 0. The summed E-state index contributed by atoms with van der Waals surface area (Å²) in [6.07, 6.45) is 1.93. The number of hydrogen-bond acceptors (Lipinski definition) is 4. The minimum Gasteiger partial charge on any atom is -0.379 e. The van der Waals surface area contributed by atoms with Gasteiger partial charge in [-0.05, 0) is 39.7 Å². The number of nitrogens with one attached hydrogen (secondary N) is 2. The number of rotatable bonds is 8. The maximum atomic E-state index is 11.9. The average Bonchev–Trinajstić information content (AvgIpc) is 2.66. The van der Waals surface area contributed by atoms with Gasteiger partial charge in [0.25, 0.3) is 5.56 Å². The third-order valence-electron chi connectivity index (χ3n) is 5.15. The molecule has 160 valence electrons. The molecule has 2 rings (SSSR count). The van der Waals surface area contributed by atoms with Crippen LogP contribution in [0.1, 0.15) is 32.4 Å². The molecule has 0 aromatic carbocycles. The third-order valence-corrected chi connectivity index (χ3v) is 5.15. The first-order chi connectivity index (χ1) is 12.9. The summed E-state index contributed by atoms with van der Waals surface area (Å²) in [5.41, 5.74) is 1.14. The number of aryl methyl sites for hydroxylation is 1. The molecule has 1 fully saturated rings. The molecule has 1 aliphatic heterocycles. The Bertz CT molecular complexity index is 669. The Hall–Kier alpha value is -1.13. The van der Waals surface area contributed by atoms with E-state index in [1.807, 2.05) is 23.6 Å². The number of unbranched alkanes of at least 4 members (excludes halogenated alkanes) is 1. The van der Waals surface area contributed by atoms with Crippen molar-refractivity contribution in [1.29, 1.82) is 0 Å². The fourth-order valence-electron chi connectivity index (χ4n) is 3.31. The number of aromatic nitrogens is 1. The Morgan fingerprint density at radius 2 is 1.93 bits per heavy atom. The maximum Gasteiger partial charge on any atom is 0.250 e. The zero-order chi connectivity index (χ0) is 19.7. The van der Waals surface area contributed by atoms with Gasteiger partial charge in [-0.2, -0.15) is 0 Å². The van der Waals surface area contributed by atoms with Crippen LogP contribution >= 0.6 is 24.0 Å². The van der Waals surface area contributed by atoms with Gasteiger partial charge in [-0.1, -0.05) is 6.07 Å². The summed E-state index contributed by atoms with van der Waals surface area (Å²) in [7, 11) is 1.80. The second-order valence-corrected chi connectivity index (χ2v) is 7.63. The first kappa shape index (κ1) is 24.9. The van der Waals surface area contributed by atoms with E-state index in [4.69, 9.17) is 4.74 Å². The van der Waals surface area contributed by atoms with E-state index in [1.54, 1.807) is 13.1 Å². The Kier molecular flexibility index (Phi) is 11.1. The first-order valence-corrected chi connectivity index (χ1v) is 9.88. The van der Waals surface area contributed by atoms with Crippen molar-refractivity contribution in [2.75, 3.05) is 46.4 Å². The van der Waals surface area contributed by atoms with Crippen molar-refractivity contribution in [2.45, 2.75) is 45.7 Å². The van der Waals surface area contributed by atoms with Crippen molar-refractivity contribution >= 4 is 29.9 Å². The number of ether oxygens (including phenoxy) is 1. The Morgan fingerprint density at radius 3 is 2.57 bits per heavy atom. The normalized spacial score (nSPS) is 15.8. The summed E-state index contributed by atoms with van der Waals surface area (Å²) < 4.78 is 7.28. The van der Waals surface area contributed by atoms with Gasteiger partial charge in [0, 0.05) is 57.1 Å². The lowest BCUT2D eigenvalue weighted by atomic mass is 10.0. The Labute approximate surface area is 186 Å². The van der Waals surface area contributed by atoms with Gasteiger partial charge in [0.15, 0.2) is 5.96 Å². The lowest BCUT2D eigenvalue weighted by molar-refractivity contribution is -0.00833. The summed E-state index contributed by atoms with van der Waals surface area (Å²) in [6.45, 7) is 12.4. The highest BCUT2D eigenvalue weighted by Gasteiger charge is 2.28. The van der Waals surface area contributed by atoms with E-state index in [2.05, 4.69) is 34.4 Å². The highest BCUT2D eigenvalue weighted by Crippen LogP contribution is 2.14. The topological polar surface area (TPSA) is 70.9 Å². The summed E-state index contributed by atoms with van der Waals surface area (Å²) in [5.74, 6) is 0.824. The zero-order valence-corrected chi connectivity index (χ0v) is 20.0. The number of aliphatic imine (C=N–C) groups is 1. The molecular weight excluding hydrogens is 469 g/mol. The molecule has 1 saturated heterocycles. The monoisotopic (exact) mass is 505 g/mol. The number of guanidine groups is 1. The van der Waals surface area contributed by atoms with Crippen LogP contribution in [0.25, 0.3) is 0 Å². The van der Waals surface area contributed by atoms with E-state index in [9.17, 15) is 4.79 Å². The predicted octanol–water partition coefficient (Wildman–Crippen LogP) is 1.83. The van der Waals surface area contributed by atoms with Crippen LogP contribution in [0.4, 0.5) is 0 Å². The van der Waals surface area contributed by atoms with E-state index >= 15 is 0 Å². The van der Waals surface area contributed by atoms with E-state index in [-0.39, 0.29) is 35.1 Å². The molecule has 0 atom stereocenters. The van der Waals surface area contributed by atoms with Gasteiger partial charge in [-0.3, -0.25) is 14.7 Å². The molecule has 0 spiro atoms. The average molecular weight is 505 g/mol. The van der Waals surface area contributed by atoms with Crippen LogP contribution < -0.4 is 16.2 Å². The zero-order valence-electron chi connectivity index (χ0n) is 17.7. The SMILES string of the molecule is CN=C(NCCCCn1c(C)cccc1=O)NCC(C)(C)N1CCOCC1.I. The number of pyridine rings is 1. The molecule has 1 aliphatic rings. The summed E-state index contributed by atoms with van der Waals surface area (Å²) in [6, 6.07) is 5.40. The standard InChI is InChI=1S/C20H35N5O2.HI/c1-17-8-7-9-18(26)25(17)11-6-5-10-22-19(21-4)23-16-20(2,3)24-12-14-27-15-13-24;/h7-9H,5-6,10-16H2,1-4H3,(H2,21,22,23);1H. The van der Waals surface area contributed by atoms with Crippen LogP contribution in [0.15, 0.2) is 28.0 Å². The minimum atomic E-state index is 0. The molecule has 0 bridgehead atoms. The van der Waals surface area contributed by atoms with Crippen LogP contribution in [-0.4, -0.2) is 67.4 Å². The second kappa shape index (κ2) is 12.4. The lowest BCUT2D eigenvalue weighted by Crippen LogP contribution is -2.56. The second-order valence-electron chi connectivity index (χ2n) is 7.63. The van der Waals surface area contributed by atoms with Crippen molar-refractivity contribution in [1.82, 2.24) is 20.1 Å². The largest absolute Gasteiger partial charge is 0.379 e. The van der Waals surface area contributed by atoms with Crippen LogP contribution in [0.5, 0.6) is 0 Å². The first-order valence-electron chi connectivity index (χ1n) is 9.88. The molecule has 8 heteroatoms. The van der Waals surface area contributed by atoms with Gasteiger partial charge < -0.3 is 19.9 Å². The maximum absolute atomic E-state index is 11.9. The van der Waals surface area contributed by atoms with Crippen LogP contribution in [0.3, 0.4) is 0 Å². The molecule has 7 nitrogen and oxygen atoms in total. The summed E-state index contributed by atoms with van der Waals surface area (Å²) in [4.78, 5) is 18.6. The van der Waals surface area contributed by atoms with E-state index < -0.39 is 0 Å². The van der Waals surface area contributed by atoms with Crippen molar-refractivity contribution in [3.63, 3.8) is 0 Å². The molecule has 0 amide bonds. The minimum absolute atomic E-state index is 0. The Balaban J connectivity index is 0.00000392. The van der Waals surface area contributed by atoms with Gasteiger partial charge in [-0.25, -0.2) is 0 Å². The van der Waals surface area contributed by atoms with Gasteiger partial charge in [0.1, 0.15) is 0 Å². The number of hydrogen-bond donors (Lipinski definition) is 2. The van der Waals surface area contributed by atoms with Crippen molar-refractivity contribution in [2.24, 2.45) is 4.99 Å². The molecule has 0 aliphatic carbocycles.